The molecule has 1 aromatic rings. The second kappa shape index (κ2) is 7.07. The predicted octanol–water partition coefficient (Wildman–Crippen LogP) is 2.15. The van der Waals surface area contributed by atoms with Crippen molar-refractivity contribution in [2.75, 3.05) is 6.61 Å². The lowest BCUT2D eigenvalue weighted by Crippen LogP contribution is -2.21. The Bertz CT molecular complexity index is 495. The van der Waals surface area contributed by atoms with Crippen LogP contribution in [-0.4, -0.2) is 23.9 Å². The minimum atomic E-state index is -4.87. The minimum absolute atomic E-state index is 0.0119. The van der Waals surface area contributed by atoms with Crippen molar-refractivity contribution in [2.45, 2.75) is 26.3 Å². The fourth-order valence-electron chi connectivity index (χ4n) is 1.44. The van der Waals surface area contributed by atoms with Gasteiger partial charge in [-0.15, -0.1) is 13.2 Å². The summed E-state index contributed by atoms with van der Waals surface area (Å²) in [4.78, 5) is 15.3. The summed E-state index contributed by atoms with van der Waals surface area (Å²) in [5.74, 6) is -1.15. The lowest BCUT2D eigenvalue weighted by molar-refractivity contribution is -0.275. The van der Waals surface area contributed by atoms with Gasteiger partial charge in [0, 0.05) is 12.1 Å². The monoisotopic (exact) mass is 404 g/mol. The van der Waals surface area contributed by atoms with E-state index in [0.29, 0.717) is 5.69 Å². The van der Waals surface area contributed by atoms with Crippen molar-refractivity contribution in [2.24, 2.45) is 5.73 Å². The first-order chi connectivity index (χ1) is 9.26. The maximum atomic E-state index is 12.4. The first-order valence-electron chi connectivity index (χ1n) is 5.56. The van der Waals surface area contributed by atoms with Gasteiger partial charge in [0.2, 0.25) is 0 Å². The molecular weight excluding hydrogens is 392 g/mol. The van der Waals surface area contributed by atoms with Crippen LogP contribution in [0.4, 0.5) is 13.2 Å². The van der Waals surface area contributed by atoms with E-state index in [4.69, 9.17) is 10.5 Å². The van der Waals surface area contributed by atoms with Crippen molar-refractivity contribution in [1.29, 1.82) is 0 Å². The zero-order valence-electron chi connectivity index (χ0n) is 10.5. The third kappa shape index (κ3) is 5.12. The summed E-state index contributed by atoms with van der Waals surface area (Å²) in [6.07, 6.45) is -5.21. The molecule has 0 spiro atoms. The molecule has 1 aromatic heterocycles. The molecule has 2 N–H and O–H groups in total. The number of halogens is 4. The summed E-state index contributed by atoms with van der Waals surface area (Å²) < 4.78 is 45.8. The van der Waals surface area contributed by atoms with Gasteiger partial charge in [-0.05, 0) is 35.6 Å². The molecule has 20 heavy (non-hydrogen) atoms. The third-order valence-electron chi connectivity index (χ3n) is 2.13. The van der Waals surface area contributed by atoms with E-state index >= 15 is 0 Å². The molecule has 0 bridgehead atoms. The maximum Gasteiger partial charge on any atom is 0.573 e. The van der Waals surface area contributed by atoms with E-state index in [-0.39, 0.29) is 28.8 Å². The molecule has 0 saturated heterocycles. The number of rotatable bonds is 5. The molecule has 5 nitrogen and oxygen atoms in total. The van der Waals surface area contributed by atoms with Crippen LogP contribution in [0.5, 0.6) is 5.75 Å². The van der Waals surface area contributed by atoms with Crippen molar-refractivity contribution in [3.63, 3.8) is 0 Å². The van der Waals surface area contributed by atoms with Crippen molar-refractivity contribution >= 4 is 28.6 Å². The zero-order valence-corrected chi connectivity index (χ0v) is 12.6. The predicted molar refractivity (Wildman–Crippen MR) is 71.9 cm³/mol. The molecule has 0 fully saturated rings. The quantitative estimate of drug-likeness (QED) is 0.463. The molecule has 0 aromatic carbocycles. The molecule has 0 saturated carbocycles. The number of aromatic nitrogens is 1. The fraction of sp³-hybridized carbons (Fsp3) is 0.455. The summed E-state index contributed by atoms with van der Waals surface area (Å²) in [6, 6.07) is 1.31. The van der Waals surface area contributed by atoms with Gasteiger partial charge in [-0.25, -0.2) is 4.98 Å². The second-order valence-electron chi connectivity index (χ2n) is 3.63. The van der Waals surface area contributed by atoms with Gasteiger partial charge in [-0.1, -0.05) is 0 Å². The smallest absolute Gasteiger partial charge is 0.466 e. The first-order valence-corrected chi connectivity index (χ1v) is 6.64. The molecule has 0 radical (unpaired) electrons. The number of nitrogens with two attached hydrogens (primary N) is 1. The zero-order chi connectivity index (χ0) is 15.3. The molecule has 0 atom stereocenters. The minimum Gasteiger partial charge on any atom is -0.466 e. The van der Waals surface area contributed by atoms with Crippen molar-refractivity contribution in [3.8, 4) is 5.75 Å². The maximum absolute atomic E-state index is 12.4. The van der Waals surface area contributed by atoms with E-state index in [0.717, 1.165) is 0 Å². The Morgan fingerprint density at radius 1 is 1.50 bits per heavy atom. The fourth-order valence-corrected chi connectivity index (χ4v) is 2.20. The number of ether oxygens (including phenoxy) is 2. The van der Waals surface area contributed by atoms with Crippen LogP contribution < -0.4 is 10.5 Å². The van der Waals surface area contributed by atoms with Crippen LogP contribution >= 0.6 is 22.6 Å². The van der Waals surface area contributed by atoms with Gasteiger partial charge in [0.15, 0.2) is 5.75 Å². The molecule has 1 rings (SSSR count). The summed E-state index contributed by atoms with van der Waals surface area (Å²) in [7, 11) is 0. The van der Waals surface area contributed by atoms with Crippen LogP contribution in [0.15, 0.2) is 6.07 Å². The Morgan fingerprint density at radius 3 is 2.65 bits per heavy atom. The van der Waals surface area contributed by atoms with Crippen LogP contribution in [0, 0.1) is 3.70 Å². The molecule has 0 unspecified atom stereocenters. The van der Waals surface area contributed by atoms with Gasteiger partial charge in [-0.2, -0.15) is 0 Å². The van der Waals surface area contributed by atoms with Crippen molar-refractivity contribution < 1.29 is 27.4 Å². The van der Waals surface area contributed by atoms with Crippen LogP contribution in [-0.2, 0) is 22.5 Å². The van der Waals surface area contributed by atoms with Gasteiger partial charge < -0.3 is 15.2 Å². The number of pyridine rings is 1. The summed E-state index contributed by atoms with van der Waals surface area (Å²) in [5.41, 5.74) is 5.82. The Balaban J connectivity index is 3.15. The number of carbonyl (C=O) groups excluding carboxylic acids is 1. The average molecular weight is 404 g/mol. The average Bonchev–Trinajstić information content (AvgIpc) is 2.32. The lowest BCUT2D eigenvalue weighted by Gasteiger charge is -2.15. The first kappa shape index (κ1) is 17.0. The van der Waals surface area contributed by atoms with E-state index in [1.54, 1.807) is 29.5 Å². The normalized spacial score (nSPS) is 11.3. The van der Waals surface area contributed by atoms with Crippen molar-refractivity contribution in [1.82, 2.24) is 4.98 Å². The highest BCUT2D eigenvalue weighted by Gasteiger charge is 2.34. The number of hydrogen-bond donors (Lipinski definition) is 1. The number of nitrogens with zero attached hydrogens (tertiary/aromatic N) is 1. The molecule has 112 valence electrons. The molecule has 9 heteroatoms. The SMILES string of the molecule is CCOC(=O)Cc1cc(CN)nc(I)c1OC(F)(F)F. The van der Waals surface area contributed by atoms with E-state index in [1.165, 1.54) is 6.07 Å². The van der Waals surface area contributed by atoms with Crippen LogP contribution in [0.3, 0.4) is 0 Å². The number of esters is 1. The van der Waals surface area contributed by atoms with Gasteiger partial charge in [0.05, 0.1) is 18.7 Å². The molecular formula is C11H12F3IN2O3. The highest BCUT2D eigenvalue weighted by Crippen LogP contribution is 2.31. The third-order valence-corrected chi connectivity index (χ3v) is 2.86. The van der Waals surface area contributed by atoms with Gasteiger partial charge in [0.1, 0.15) is 3.70 Å². The number of carbonyl (C=O) groups is 1. The number of hydrogen-bond acceptors (Lipinski definition) is 5. The molecule has 0 aliphatic rings. The van der Waals surface area contributed by atoms with E-state index in [1.807, 2.05) is 0 Å². The number of alkyl halides is 3. The summed E-state index contributed by atoms with van der Waals surface area (Å²) in [5, 5.41) is 0. The topological polar surface area (TPSA) is 74.4 Å². The Kier molecular flexibility index (Phi) is 5.99. The van der Waals surface area contributed by atoms with Gasteiger partial charge in [0.25, 0.3) is 0 Å². The largest absolute Gasteiger partial charge is 0.573 e. The van der Waals surface area contributed by atoms with Crippen LogP contribution in [0.2, 0.25) is 0 Å². The summed E-state index contributed by atoms with van der Waals surface area (Å²) >= 11 is 1.60. The highest BCUT2D eigenvalue weighted by molar-refractivity contribution is 14.1. The van der Waals surface area contributed by atoms with Gasteiger partial charge in [-0.3, -0.25) is 4.79 Å². The van der Waals surface area contributed by atoms with E-state index in [9.17, 15) is 18.0 Å². The van der Waals surface area contributed by atoms with Crippen LogP contribution in [0.25, 0.3) is 0 Å². The summed E-state index contributed by atoms with van der Waals surface area (Å²) in [6.45, 7) is 1.78. The molecule has 0 aliphatic carbocycles. The van der Waals surface area contributed by atoms with E-state index in [2.05, 4.69) is 9.72 Å². The molecule has 1 heterocycles. The Morgan fingerprint density at radius 2 is 2.15 bits per heavy atom. The van der Waals surface area contributed by atoms with Gasteiger partial charge >= 0.3 is 12.3 Å². The molecule has 0 amide bonds. The van der Waals surface area contributed by atoms with Crippen LogP contribution in [0.1, 0.15) is 18.2 Å². The molecule has 0 aliphatic heterocycles. The highest BCUT2D eigenvalue weighted by atomic mass is 127. The van der Waals surface area contributed by atoms with Crippen molar-refractivity contribution in [3.05, 3.63) is 21.0 Å². The Hall–Kier alpha value is -1.10. The lowest BCUT2D eigenvalue weighted by atomic mass is 10.1. The Labute approximate surface area is 126 Å². The second-order valence-corrected chi connectivity index (χ2v) is 4.65. The van der Waals surface area contributed by atoms with E-state index < -0.39 is 18.1 Å². The standard InChI is InChI=1S/C11H12F3IN2O3/c1-2-19-8(18)4-6-3-7(5-16)17-10(15)9(6)20-11(12,13)14/h3H,2,4-5,16H2,1H3.